The largest absolute Gasteiger partial charge is 0.490 e. The minimum Gasteiger partial charge on any atom is -0.490 e. The molecule has 0 aromatic heterocycles. The molecule has 1 atom stereocenters. The summed E-state index contributed by atoms with van der Waals surface area (Å²) >= 11 is 6.00. The van der Waals surface area contributed by atoms with Crippen molar-refractivity contribution >= 4 is 29.3 Å². The van der Waals surface area contributed by atoms with Crippen LogP contribution in [0.15, 0.2) is 66.7 Å². The number of carbonyl (C=O) groups excluding carboxylic acids is 1. The normalized spacial score (nSPS) is 19.9. The molecule has 1 N–H and O–H groups in total. The number of fused-ring (bicyclic) bond motifs is 3. The van der Waals surface area contributed by atoms with Crippen LogP contribution in [-0.2, 0) is 16.8 Å². The maximum Gasteiger partial charge on any atom is 0.223 e. The lowest BCUT2D eigenvalue weighted by Crippen LogP contribution is -2.68. The number of anilines is 1. The summed E-state index contributed by atoms with van der Waals surface area (Å²) in [6, 6.07) is 20.1. The molecule has 1 saturated heterocycles. The van der Waals surface area contributed by atoms with Gasteiger partial charge in [0.1, 0.15) is 12.3 Å². The van der Waals surface area contributed by atoms with Crippen LogP contribution in [0.2, 0.25) is 5.02 Å². The third-order valence-corrected chi connectivity index (χ3v) is 7.73. The van der Waals surface area contributed by atoms with E-state index < -0.39 is 5.66 Å². The highest BCUT2D eigenvalue weighted by atomic mass is 35.5. The Balaban J connectivity index is 1.45. The molecule has 5 nitrogen and oxygen atoms in total. The number of ether oxygens (including phenoxy) is 2. The Morgan fingerprint density at radius 2 is 1.81 bits per heavy atom. The molecule has 5 rings (SSSR count). The van der Waals surface area contributed by atoms with Crippen LogP contribution >= 0.6 is 11.6 Å². The number of hydrogen-bond donors (Lipinski definition) is 1. The van der Waals surface area contributed by atoms with Gasteiger partial charge in [-0.25, -0.2) is 0 Å². The standard InChI is InChI=1S/C31H33ClN2O3/c1-5-36-28-19-22(9-13-27(28)37-20-23-7-10-24(32)11-8-23)14-16-31-30(3,4)25-18-21(2)6-12-26(25)34(31)17-15-29(35)33-31/h6-14,16,18-19H,5,15,17,20H2,1-4H3,(H,33,35)/b16-14+. The summed E-state index contributed by atoms with van der Waals surface area (Å²) in [4.78, 5) is 15.0. The number of nitrogens with zero attached hydrogens (tertiary/aromatic N) is 1. The summed E-state index contributed by atoms with van der Waals surface area (Å²) in [5, 5.41) is 4.05. The number of carbonyl (C=O) groups is 1. The average Bonchev–Trinajstić information content (AvgIpc) is 3.06. The van der Waals surface area contributed by atoms with Crippen molar-refractivity contribution in [2.45, 2.75) is 51.8 Å². The average molecular weight is 517 g/mol. The molecule has 3 aromatic rings. The van der Waals surface area contributed by atoms with E-state index in [0.29, 0.717) is 42.7 Å². The first-order chi connectivity index (χ1) is 17.7. The van der Waals surface area contributed by atoms with Gasteiger partial charge in [-0.1, -0.05) is 67.4 Å². The lowest BCUT2D eigenvalue weighted by atomic mass is 9.74. The van der Waals surface area contributed by atoms with Crippen LogP contribution < -0.4 is 19.7 Å². The predicted molar refractivity (Wildman–Crippen MR) is 149 cm³/mol. The van der Waals surface area contributed by atoms with Gasteiger partial charge in [-0.05, 0) is 66.9 Å². The summed E-state index contributed by atoms with van der Waals surface area (Å²) in [5.41, 5.74) is 4.66. The Kier molecular flexibility index (Phi) is 6.67. The first-order valence-electron chi connectivity index (χ1n) is 12.8. The second-order valence-corrected chi connectivity index (χ2v) is 10.7. The van der Waals surface area contributed by atoms with E-state index in [-0.39, 0.29) is 11.3 Å². The van der Waals surface area contributed by atoms with Crippen LogP contribution in [0.3, 0.4) is 0 Å². The van der Waals surface area contributed by atoms with E-state index in [2.05, 4.69) is 61.3 Å². The number of amides is 1. The van der Waals surface area contributed by atoms with Crippen molar-refractivity contribution < 1.29 is 14.3 Å². The fraction of sp³-hybridized carbons (Fsp3) is 0.323. The summed E-state index contributed by atoms with van der Waals surface area (Å²) in [6.07, 6.45) is 4.69. The Labute approximate surface area is 224 Å². The quantitative estimate of drug-likeness (QED) is 0.382. The maximum absolute atomic E-state index is 12.7. The number of rotatable bonds is 7. The van der Waals surface area contributed by atoms with Gasteiger partial charge in [-0.3, -0.25) is 4.79 Å². The van der Waals surface area contributed by atoms with Crippen LogP contribution in [0.1, 0.15) is 49.4 Å². The van der Waals surface area contributed by atoms with E-state index in [1.807, 2.05) is 49.4 Å². The molecular weight excluding hydrogens is 484 g/mol. The second kappa shape index (κ2) is 9.79. The zero-order chi connectivity index (χ0) is 26.2. The maximum atomic E-state index is 12.7. The lowest BCUT2D eigenvalue weighted by molar-refractivity contribution is -0.124. The Morgan fingerprint density at radius 1 is 1.03 bits per heavy atom. The Hall–Kier alpha value is -3.44. The summed E-state index contributed by atoms with van der Waals surface area (Å²) in [6.45, 7) is 10.1. The van der Waals surface area contributed by atoms with Crippen molar-refractivity contribution in [3.63, 3.8) is 0 Å². The molecule has 0 saturated carbocycles. The monoisotopic (exact) mass is 516 g/mol. The predicted octanol–water partition coefficient (Wildman–Crippen LogP) is 6.65. The van der Waals surface area contributed by atoms with Crippen molar-refractivity contribution in [2.75, 3.05) is 18.1 Å². The number of halogens is 1. The van der Waals surface area contributed by atoms with Crippen molar-refractivity contribution in [2.24, 2.45) is 0 Å². The molecule has 6 heteroatoms. The summed E-state index contributed by atoms with van der Waals surface area (Å²) in [5.74, 6) is 1.44. The molecule has 1 unspecified atom stereocenters. The number of aryl methyl sites for hydroxylation is 1. The number of nitrogens with one attached hydrogen (secondary N) is 1. The van der Waals surface area contributed by atoms with Gasteiger partial charge in [0.15, 0.2) is 11.5 Å². The minimum absolute atomic E-state index is 0.0689. The molecule has 2 heterocycles. The van der Waals surface area contributed by atoms with Crippen molar-refractivity contribution in [1.82, 2.24) is 5.32 Å². The number of benzene rings is 3. The summed E-state index contributed by atoms with van der Waals surface area (Å²) < 4.78 is 12.0. The van der Waals surface area contributed by atoms with E-state index in [0.717, 1.165) is 11.1 Å². The molecular formula is C31H33ClN2O3. The third-order valence-electron chi connectivity index (χ3n) is 7.48. The van der Waals surface area contributed by atoms with Crippen LogP contribution in [0.25, 0.3) is 6.08 Å². The third kappa shape index (κ3) is 4.57. The van der Waals surface area contributed by atoms with Crippen molar-refractivity contribution in [3.8, 4) is 11.5 Å². The van der Waals surface area contributed by atoms with Crippen molar-refractivity contribution in [3.05, 3.63) is 94.0 Å². The van der Waals surface area contributed by atoms with Gasteiger partial charge in [-0.15, -0.1) is 0 Å². The molecule has 2 aliphatic rings. The highest BCUT2D eigenvalue weighted by Crippen LogP contribution is 2.52. The fourth-order valence-electron chi connectivity index (χ4n) is 5.44. The fourth-order valence-corrected chi connectivity index (χ4v) is 5.57. The molecule has 0 bridgehead atoms. The van der Waals surface area contributed by atoms with Gasteiger partial charge in [0, 0.05) is 29.1 Å². The zero-order valence-corrected chi connectivity index (χ0v) is 22.6. The number of hydrogen-bond acceptors (Lipinski definition) is 4. The van der Waals surface area contributed by atoms with Crippen LogP contribution in [0.4, 0.5) is 5.69 Å². The molecule has 0 spiro atoms. The van der Waals surface area contributed by atoms with E-state index in [1.165, 1.54) is 16.8 Å². The van der Waals surface area contributed by atoms with E-state index in [1.54, 1.807) is 0 Å². The van der Waals surface area contributed by atoms with Gasteiger partial charge < -0.3 is 19.7 Å². The van der Waals surface area contributed by atoms with E-state index in [4.69, 9.17) is 21.1 Å². The van der Waals surface area contributed by atoms with Gasteiger partial charge >= 0.3 is 0 Å². The van der Waals surface area contributed by atoms with Crippen LogP contribution in [-0.4, -0.2) is 24.7 Å². The lowest BCUT2D eigenvalue weighted by Gasteiger charge is -2.49. The zero-order valence-electron chi connectivity index (χ0n) is 21.8. The molecule has 0 radical (unpaired) electrons. The minimum atomic E-state index is -0.659. The molecule has 0 aliphatic carbocycles. The SMILES string of the molecule is CCOc1cc(/C=C/C23NC(=O)CCN2c2ccc(C)cc2C3(C)C)ccc1OCc1ccc(Cl)cc1. The molecule has 1 fully saturated rings. The van der Waals surface area contributed by atoms with Gasteiger partial charge in [0.2, 0.25) is 5.91 Å². The van der Waals surface area contributed by atoms with Crippen molar-refractivity contribution in [1.29, 1.82) is 0 Å². The summed E-state index contributed by atoms with van der Waals surface area (Å²) in [7, 11) is 0. The molecule has 192 valence electrons. The first kappa shape index (κ1) is 25.2. The topological polar surface area (TPSA) is 50.8 Å². The molecule has 3 aromatic carbocycles. The van der Waals surface area contributed by atoms with Crippen LogP contribution in [0.5, 0.6) is 11.5 Å². The van der Waals surface area contributed by atoms with Gasteiger partial charge in [0.05, 0.1) is 6.61 Å². The van der Waals surface area contributed by atoms with E-state index in [9.17, 15) is 4.79 Å². The molecule has 37 heavy (non-hydrogen) atoms. The molecule has 2 aliphatic heterocycles. The smallest absolute Gasteiger partial charge is 0.223 e. The second-order valence-electron chi connectivity index (χ2n) is 10.2. The molecule has 1 amide bonds. The highest BCUT2D eigenvalue weighted by molar-refractivity contribution is 6.30. The van der Waals surface area contributed by atoms with Gasteiger partial charge in [-0.2, -0.15) is 0 Å². The Bertz CT molecular complexity index is 1350. The van der Waals surface area contributed by atoms with E-state index >= 15 is 0 Å². The van der Waals surface area contributed by atoms with Crippen LogP contribution in [0, 0.1) is 6.92 Å². The van der Waals surface area contributed by atoms with Gasteiger partial charge in [0.25, 0.3) is 0 Å². The first-order valence-corrected chi connectivity index (χ1v) is 13.1. The highest BCUT2D eigenvalue weighted by Gasteiger charge is 2.57. The Morgan fingerprint density at radius 3 is 2.57 bits per heavy atom.